The van der Waals surface area contributed by atoms with E-state index in [1.54, 1.807) is 13.0 Å². The van der Waals surface area contributed by atoms with Gasteiger partial charge in [-0.2, -0.15) is 13.2 Å². The van der Waals surface area contributed by atoms with Gasteiger partial charge in [0, 0.05) is 34.7 Å². The molecule has 0 aliphatic carbocycles. The topological polar surface area (TPSA) is 144 Å². The smallest absolute Gasteiger partial charge is 0.489 e. The molecule has 2 aromatic heterocycles. The van der Waals surface area contributed by atoms with Crippen LogP contribution in [0, 0.1) is 6.92 Å². The molecular formula is C27H23F3N4O6. The number of carbonyl (C=O) groups excluding carboxylic acids is 2. The van der Waals surface area contributed by atoms with Crippen LogP contribution in [0.15, 0.2) is 65.2 Å². The first-order chi connectivity index (χ1) is 18.8. The second-order valence-electron chi connectivity index (χ2n) is 9.16. The summed E-state index contributed by atoms with van der Waals surface area (Å²) in [5.41, 5.74) is 3.35. The fourth-order valence-electron chi connectivity index (χ4n) is 3.99. The summed E-state index contributed by atoms with van der Waals surface area (Å²) >= 11 is 0. The first-order valence-corrected chi connectivity index (χ1v) is 11.8. The van der Waals surface area contributed by atoms with Gasteiger partial charge < -0.3 is 19.7 Å². The number of ether oxygens (including phenoxy) is 1. The summed E-state index contributed by atoms with van der Waals surface area (Å²) in [5, 5.41) is 17.1. The Bertz CT molecular complexity index is 1570. The quantitative estimate of drug-likeness (QED) is 0.294. The zero-order chi connectivity index (χ0) is 29.1. The average molecular weight is 556 g/mol. The minimum atomic E-state index is -5.08. The van der Waals surface area contributed by atoms with Crippen molar-refractivity contribution in [3.63, 3.8) is 0 Å². The molecule has 13 heteroatoms. The summed E-state index contributed by atoms with van der Waals surface area (Å²) in [6.07, 6.45) is -4.85. The van der Waals surface area contributed by atoms with Crippen molar-refractivity contribution in [2.75, 3.05) is 0 Å². The Morgan fingerprint density at radius 1 is 1.10 bits per heavy atom. The number of halogens is 3. The van der Waals surface area contributed by atoms with Crippen molar-refractivity contribution in [2.24, 2.45) is 0 Å². The highest BCUT2D eigenvalue weighted by molar-refractivity contribution is 6.06. The number of imide groups is 1. The number of aliphatic carboxylic acids is 1. The number of benzene rings is 2. The van der Waals surface area contributed by atoms with E-state index in [0.29, 0.717) is 18.1 Å². The molecule has 0 spiro atoms. The molecule has 1 unspecified atom stereocenters. The number of carboxylic acids is 1. The summed E-state index contributed by atoms with van der Waals surface area (Å²) in [6.45, 7) is 4.06. The normalized spacial score (nSPS) is 16.6. The van der Waals surface area contributed by atoms with E-state index in [4.69, 9.17) is 19.2 Å². The monoisotopic (exact) mass is 556 g/mol. The van der Waals surface area contributed by atoms with E-state index in [1.165, 1.54) is 0 Å². The number of aryl methyl sites for hydroxylation is 1. The standard InChI is InChI=1S/C25H22N4O4.C2HF3O2/c1-15-11-17(20-5-3-4-6-21(20)26-15)14-32-19-9-7-16(8-10-19)22-12-18(29-33-22)13-25(2)23(30)27-24(31)28-25;3-2(4,5)1(6)7/h3-12H,13-14H2,1-2H3,(H2,27,28,30,31);(H,6,7). The zero-order valence-corrected chi connectivity index (χ0v) is 21.2. The van der Waals surface area contributed by atoms with Crippen molar-refractivity contribution in [3.05, 3.63) is 77.6 Å². The van der Waals surface area contributed by atoms with Crippen LogP contribution in [0.25, 0.3) is 22.2 Å². The van der Waals surface area contributed by atoms with Gasteiger partial charge in [0.15, 0.2) is 5.76 Å². The summed E-state index contributed by atoms with van der Waals surface area (Å²) in [6, 6.07) is 18.9. The van der Waals surface area contributed by atoms with Crippen LogP contribution in [0.3, 0.4) is 0 Å². The van der Waals surface area contributed by atoms with E-state index in [0.717, 1.165) is 33.5 Å². The first kappa shape index (κ1) is 28.1. The van der Waals surface area contributed by atoms with Crippen molar-refractivity contribution in [1.82, 2.24) is 20.8 Å². The van der Waals surface area contributed by atoms with Gasteiger partial charge in [-0.1, -0.05) is 23.4 Å². The molecule has 1 aliphatic rings. The summed E-state index contributed by atoms with van der Waals surface area (Å²) in [7, 11) is 0. The molecule has 1 saturated heterocycles. The molecule has 0 bridgehead atoms. The number of rotatable bonds is 6. The zero-order valence-electron chi connectivity index (χ0n) is 21.2. The highest BCUT2D eigenvalue weighted by Gasteiger charge is 2.42. The van der Waals surface area contributed by atoms with Crippen LogP contribution in [0.5, 0.6) is 5.75 Å². The Balaban J connectivity index is 0.000000470. The SMILES string of the molecule is Cc1cc(COc2ccc(-c3cc(CC4(C)NC(=O)NC4=O)no3)cc2)c2ccccc2n1.O=C(O)C(F)(F)F. The Hall–Kier alpha value is -4.94. The second kappa shape index (κ2) is 11.0. The molecule has 1 aliphatic heterocycles. The lowest BCUT2D eigenvalue weighted by atomic mass is 9.96. The highest BCUT2D eigenvalue weighted by atomic mass is 19.4. The van der Waals surface area contributed by atoms with Crippen LogP contribution >= 0.6 is 0 Å². The lowest BCUT2D eigenvalue weighted by molar-refractivity contribution is -0.192. The minimum absolute atomic E-state index is 0.231. The van der Waals surface area contributed by atoms with E-state index in [-0.39, 0.29) is 12.3 Å². The van der Waals surface area contributed by atoms with Crippen LogP contribution < -0.4 is 15.4 Å². The Labute approximate surface area is 225 Å². The van der Waals surface area contributed by atoms with Crippen LogP contribution in [0.4, 0.5) is 18.0 Å². The fraction of sp³-hybridized carbons (Fsp3) is 0.222. The number of para-hydroxylation sites is 1. The van der Waals surface area contributed by atoms with E-state index >= 15 is 0 Å². The predicted octanol–water partition coefficient (Wildman–Crippen LogP) is 4.55. The maximum Gasteiger partial charge on any atom is 0.490 e. The van der Waals surface area contributed by atoms with Crippen LogP contribution in [0.1, 0.15) is 23.9 Å². The molecule has 1 fully saturated rings. The third-order valence-electron chi connectivity index (χ3n) is 5.92. The van der Waals surface area contributed by atoms with Gasteiger partial charge in [0.1, 0.15) is 17.9 Å². The lowest BCUT2D eigenvalue weighted by Gasteiger charge is -2.18. The van der Waals surface area contributed by atoms with Crippen LogP contribution in [-0.4, -0.2) is 44.9 Å². The maximum absolute atomic E-state index is 12.0. The number of aromatic nitrogens is 2. The number of fused-ring (bicyclic) bond motifs is 1. The number of nitrogens with one attached hydrogen (secondary N) is 2. The van der Waals surface area contributed by atoms with Crippen molar-refractivity contribution in [1.29, 1.82) is 0 Å². The number of pyridine rings is 1. The Morgan fingerprint density at radius 3 is 2.40 bits per heavy atom. The number of carboxylic acid groups (broad SMARTS) is 1. The van der Waals surface area contributed by atoms with Gasteiger partial charge in [-0.05, 0) is 50.2 Å². The highest BCUT2D eigenvalue weighted by Crippen LogP contribution is 2.26. The van der Waals surface area contributed by atoms with Gasteiger partial charge in [0.2, 0.25) is 0 Å². The molecule has 40 heavy (non-hydrogen) atoms. The molecule has 10 nitrogen and oxygen atoms in total. The second-order valence-corrected chi connectivity index (χ2v) is 9.16. The summed E-state index contributed by atoms with van der Waals surface area (Å²) < 4.78 is 43.2. The minimum Gasteiger partial charge on any atom is -0.489 e. The van der Waals surface area contributed by atoms with Crippen LogP contribution in [0.2, 0.25) is 0 Å². The molecule has 0 radical (unpaired) electrons. The lowest BCUT2D eigenvalue weighted by Crippen LogP contribution is -2.45. The summed E-state index contributed by atoms with van der Waals surface area (Å²) in [4.78, 5) is 36.9. The molecule has 208 valence electrons. The summed E-state index contributed by atoms with van der Waals surface area (Å²) in [5.74, 6) is -1.83. The molecule has 4 aromatic rings. The molecule has 0 saturated carbocycles. The maximum atomic E-state index is 12.0. The Kier molecular flexibility index (Phi) is 7.75. The van der Waals surface area contributed by atoms with E-state index in [2.05, 4.69) is 20.8 Å². The molecule has 5 rings (SSSR count). The van der Waals surface area contributed by atoms with E-state index in [1.807, 2.05) is 61.5 Å². The van der Waals surface area contributed by atoms with Gasteiger partial charge in [-0.15, -0.1) is 0 Å². The largest absolute Gasteiger partial charge is 0.490 e. The molecular weight excluding hydrogens is 533 g/mol. The predicted molar refractivity (Wildman–Crippen MR) is 135 cm³/mol. The number of hydrogen-bond acceptors (Lipinski definition) is 7. The van der Waals surface area contributed by atoms with E-state index in [9.17, 15) is 22.8 Å². The van der Waals surface area contributed by atoms with Gasteiger partial charge in [0.05, 0.1) is 11.2 Å². The number of alkyl halides is 3. The molecule has 3 heterocycles. The average Bonchev–Trinajstić information content (AvgIpc) is 3.45. The van der Waals surface area contributed by atoms with Crippen molar-refractivity contribution < 1.29 is 41.9 Å². The Morgan fingerprint density at radius 2 is 1.77 bits per heavy atom. The number of carbonyl (C=O) groups is 3. The van der Waals surface area contributed by atoms with Gasteiger partial charge in [-0.3, -0.25) is 15.1 Å². The first-order valence-electron chi connectivity index (χ1n) is 11.8. The van der Waals surface area contributed by atoms with Gasteiger partial charge >= 0.3 is 18.2 Å². The number of hydrogen-bond donors (Lipinski definition) is 3. The van der Waals surface area contributed by atoms with Gasteiger partial charge in [0.25, 0.3) is 5.91 Å². The number of amides is 3. The van der Waals surface area contributed by atoms with Crippen molar-refractivity contribution >= 4 is 28.8 Å². The van der Waals surface area contributed by atoms with Crippen molar-refractivity contribution in [3.8, 4) is 17.1 Å². The third-order valence-corrected chi connectivity index (χ3v) is 5.92. The molecule has 1 atom stereocenters. The van der Waals surface area contributed by atoms with Gasteiger partial charge in [-0.25, -0.2) is 9.59 Å². The number of urea groups is 1. The third kappa shape index (κ3) is 6.54. The molecule has 2 aromatic carbocycles. The molecule has 3 amide bonds. The van der Waals surface area contributed by atoms with Crippen molar-refractivity contribution in [2.45, 2.75) is 38.6 Å². The number of nitrogens with zero attached hydrogens (tertiary/aromatic N) is 2. The molecule has 3 N–H and O–H groups in total. The van der Waals surface area contributed by atoms with E-state index < -0.39 is 23.7 Å². The fourth-order valence-corrected chi connectivity index (χ4v) is 3.99. The van der Waals surface area contributed by atoms with Crippen LogP contribution in [-0.2, 0) is 22.6 Å².